The molecule has 0 saturated carbocycles. The fourth-order valence-electron chi connectivity index (χ4n) is 3.83. The Balaban J connectivity index is 1.69. The Morgan fingerprint density at radius 2 is 0.929 bits per heavy atom. The van der Waals surface area contributed by atoms with Gasteiger partial charge in [-0.2, -0.15) is 0 Å². The van der Waals surface area contributed by atoms with Crippen LogP contribution in [0.25, 0.3) is 0 Å². The number of hydrogen-bond acceptors (Lipinski definition) is 8. The van der Waals surface area contributed by atoms with Crippen LogP contribution in [0.1, 0.15) is 0 Å². The van der Waals surface area contributed by atoms with E-state index in [-0.39, 0.29) is 10.9 Å². The van der Waals surface area contributed by atoms with E-state index in [1.54, 1.807) is 30.3 Å². The van der Waals surface area contributed by atoms with Crippen LogP contribution in [0.5, 0.6) is 34.5 Å². The van der Waals surface area contributed by atoms with Crippen LogP contribution in [0, 0.1) is 0 Å². The summed E-state index contributed by atoms with van der Waals surface area (Å²) in [5.41, 5.74) is 2.34. The van der Waals surface area contributed by atoms with Gasteiger partial charge in [-0.25, -0.2) is 0 Å². The van der Waals surface area contributed by atoms with Crippen molar-refractivity contribution < 1.29 is 34.3 Å². The Hall–Kier alpha value is -3.17. The lowest BCUT2D eigenvalue weighted by molar-refractivity contribution is 0.411. The summed E-state index contributed by atoms with van der Waals surface area (Å²) < 4.78 is 18.0. The van der Waals surface area contributed by atoms with E-state index >= 15 is 0 Å². The third-order valence-electron chi connectivity index (χ3n) is 5.01. The number of rotatable bonds is 2. The highest BCUT2D eigenvalue weighted by atomic mass is 16.5. The van der Waals surface area contributed by atoms with Crippen LogP contribution in [0.3, 0.4) is 0 Å². The third-order valence-corrected chi connectivity index (χ3v) is 5.01. The molecule has 3 aliphatic rings. The molecule has 3 aliphatic heterocycles. The first-order valence-electron chi connectivity index (χ1n) is 8.56. The minimum atomic E-state index is -1.70. The lowest BCUT2D eigenvalue weighted by atomic mass is 9.78. The molecule has 0 fully saturated rings. The summed E-state index contributed by atoms with van der Waals surface area (Å²) in [6.07, 6.45) is 0. The van der Waals surface area contributed by atoms with Gasteiger partial charge in [-0.05, 0) is 47.3 Å². The van der Waals surface area contributed by atoms with Crippen molar-refractivity contribution in [2.75, 3.05) is 4.90 Å². The Bertz CT molecular complexity index is 1100. The van der Waals surface area contributed by atoms with E-state index in [9.17, 15) is 20.1 Å². The van der Waals surface area contributed by atoms with Gasteiger partial charge in [0.1, 0.15) is 17.1 Å². The minimum absolute atomic E-state index is 0.212. The first-order chi connectivity index (χ1) is 13.5. The topological polar surface area (TPSA) is 112 Å². The summed E-state index contributed by atoms with van der Waals surface area (Å²) in [5.74, 6) is 2.62. The van der Waals surface area contributed by atoms with Crippen LogP contribution in [0.15, 0.2) is 42.5 Å². The van der Waals surface area contributed by atoms with Gasteiger partial charge in [0.2, 0.25) is 0 Å². The van der Waals surface area contributed by atoms with Crippen molar-refractivity contribution in [2.24, 2.45) is 0 Å². The molecule has 3 aromatic rings. The van der Waals surface area contributed by atoms with Crippen LogP contribution in [0.4, 0.5) is 17.1 Å². The maximum atomic E-state index is 9.63. The predicted octanol–water partition coefficient (Wildman–Crippen LogP) is 0.833. The molecule has 8 nitrogen and oxygen atoms in total. The summed E-state index contributed by atoms with van der Waals surface area (Å²) in [7, 11) is -3.40. The quantitative estimate of drug-likeness (QED) is 0.330. The summed E-state index contributed by atoms with van der Waals surface area (Å²) in [6, 6.07) is 11.5. The van der Waals surface area contributed by atoms with E-state index < -0.39 is 14.2 Å². The zero-order valence-corrected chi connectivity index (χ0v) is 14.2. The Morgan fingerprint density at radius 3 is 1.32 bits per heavy atom. The number of nitrogens with zero attached hydrogens (tertiary/aromatic N) is 1. The average Bonchev–Trinajstić information content (AvgIpc) is 2.67. The highest BCUT2D eigenvalue weighted by molar-refractivity contribution is 6.59. The molecule has 10 heteroatoms. The number of hydrogen-bond donors (Lipinski definition) is 4. The molecule has 0 aromatic heterocycles. The molecule has 0 spiro atoms. The van der Waals surface area contributed by atoms with E-state index in [0.29, 0.717) is 51.6 Å². The molecule has 6 rings (SSSR count). The smallest absolute Gasteiger partial charge is 0.453 e. The van der Waals surface area contributed by atoms with Crippen LogP contribution >= 0.6 is 0 Å². The van der Waals surface area contributed by atoms with Crippen molar-refractivity contribution in [1.29, 1.82) is 0 Å². The Kier molecular flexibility index (Phi) is 2.95. The minimum Gasteiger partial charge on any atom is -0.453 e. The summed E-state index contributed by atoms with van der Waals surface area (Å²) in [4.78, 5) is 1.93. The van der Waals surface area contributed by atoms with Gasteiger partial charge in [0.15, 0.2) is 34.5 Å². The highest BCUT2D eigenvalue weighted by Gasteiger charge is 2.42. The van der Waals surface area contributed by atoms with Crippen molar-refractivity contribution in [3.8, 4) is 34.5 Å². The van der Waals surface area contributed by atoms with Crippen molar-refractivity contribution >= 4 is 42.2 Å². The van der Waals surface area contributed by atoms with Gasteiger partial charge in [0.25, 0.3) is 0 Å². The summed E-state index contributed by atoms with van der Waals surface area (Å²) in [6.45, 7) is 0. The van der Waals surface area contributed by atoms with Crippen molar-refractivity contribution in [1.82, 2.24) is 0 Å². The molecule has 0 aliphatic carbocycles. The van der Waals surface area contributed by atoms with Gasteiger partial charge in [-0.1, -0.05) is 6.07 Å². The zero-order valence-electron chi connectivity index (χ0n) is 14.2. The molecule has 4 N–H and O–H groups in total. The molecule has 3 aromatic carbocycles. The number of para-hydroxylation sites is 1. The van der Waals surface area contributed by atoms with Crippen LogP contribution < -0.4 is 30.0 Å². The fourth-order valence-corrected chi connectivity index (χ4v) is 3.83. The zero-order chi connectivity index (χ0) is 19.2. The Morgan fingerprint density at radius 1 is 0.571 bits per heavy atom. The Labute approximate surface area is 159 Å². The van der Waals surface area contributed by atoms with Crippen LogP contribution in [0.2, 0.25) is 0 Å². The lowest BCUT2D eigenvalue weighted by Crippen LogP contribution is -2.34. The molecule has 28 heavy (non-hydrogen) atoms. The number of ether oxygens (including phenoxy) is 3. The number of benzene rings is 3. The molecule has 0 atom stereocenters. The average molecular weight is 375 g/mol. The summed E-state index contributed by atoms with van der Waals surface area (Å²) >= 11 is 0. The second kappa shape index (κ2) is 5.21. The van der Waals surface area contributed by atoms with Gasteiger partial charge in [-0.15, -0.1) is 0 Å². The SMILES string of the molecule is OB(O)c1cc2c3c(c1)Oc1cc(B(O)O)cc4c1N3c1c(cccc1O4)O2. The normalized spacial score (nSPS) is 13.8. The third kappa shape index (κ3) is 1.94. The first-order valence-corrected chi connectivity index (χ1v) is 8.56. The molecular formula is C18H11B2NO7. The van der Waals surface area contributed by atoms with Gasteiger partial charge in [0.05, 0.1) is 0 Å². The molecular weight excluding hydrogens is 364 g/mol. The van der Waals surface area contributed by atoms with Crippen LogP contribution in [-0.4, -0.2) is 34.3 Å². The maximum Gasteiger partial charge on any atom is 0.488 e. The highest BCUT2D eigenvalue weighted by Crippen LogP contribution is 2.65. The molecule has 0 saturated heterocycles. The molecule has 136 valence electrons. The second-order valence-corrected chi connectivity index (χ2v) is 6.72. The van der Waals surface area contributed by atoms with E-state index in [0.717, 1.165) is 0 Å². The van der Waals surface area contributed by atoms with E-state index in [1.807, 2.05) is 4.90 Å². The monoisotopic (exact) mass is 375 g/mol. The summed E-state index contributed by atoms with van der Waals surface area (Å²) in [5, 5.41) is 38.5. The molecule has 3 heterocycles. The number of anilines is 3. The van der Waals surface area contributed by atoms with Gasteiger partial charge < -0.3 is 34.3 Å². The van der Waals surface area contributed by atoms with E-state index in [4.69, 9.17) is 14.2 Å². The first kappa shape index (κ1) is 15.8. The standard InChI is InChI=1S/C18H11B2NO7/c22-19(23)8-4-12-17-14(6-8)28-15-7-9(20(24)25)5-13-18(15)21(17)16-10(26-12)2-1-3-11(16)27-13/h1-7,22-25H. The maximum absolute atomic E-state index is 9.63. The van der Waals surface area contributed by atoms with Crippen molar-refractivity contribution in [3.63, 3.8) is 0 Å². The van der Waals surface area contributed by atoms with Gasteiger partial charge in [0, 0.05) is 0 Å². The van der Waals surface area contributed by atoms with Crippen molar-refractivity contribution in [2.45, 2.75) is 0 Å². The largest absolute Gasteiger partial charge is 0.488 e. The molecule has 0 bridgehead atoms. The van der Waals surface area contributed by atoms with Gasteiger partial charge >= 0.3 is 14.2 Å². The van der Waals surface area contributed by atoms with E-state index in [2.05, 4.69) is 0 Å². The van der Waals surface area contributed by atoms with Crippen LogP contribution in [-0.2, 0) is 0 Å². The molecule has 0 unspecified atom stereocenters. The molecule has 0 radical (unpaired) electrons. The van der Waals surface area contributed by atoms with Crippen molar-refractivity contribution in [3.05, 3.63) is 42.5 Å². The molecule has 0 amide bonds. The lowest BCUT2D eigenvalue weighted by Gasteiger charge is -2.42. The van der Waals surface area contributed by atoms with Gasteiger partial charge in [-0.3, -0.25) is 4.90 Å². The van der Waals surface area contributed by atoms with E-state index in [1.165, 1.54) is 12.1 Å². The predicted molar refractivity (Wildman–Crippen MR) is 101 cm³/mol. The second-order valence-electron chi connectivity index (χ2n) is 6.72. The fraction of sp³-hybridized carbons (Fsp3) is 0.